The molecule has 0 nitrogen and oxygen atoms in total. The van der Waals surface area contributed by atoms with E-state index in [0.29, 0.717) is 0 Å². The fourth-order valence-electron chi connectivity index (χ4n) is 0.691. The predicted octanol–water partition coefficient (Wildman–Crippen LogP) is 4.05. The Balaban J connectivity index is 0.00000121. The van der Waals surface area contributed by atoms with E-state index in [-0.39, 0.29) is 21.5 Å². The largest absolute Gasteiger partial charge is 0.417 e. The Kier molecular flexibility index (Phi) is 4.26. The van der Waals surface area contributed by atoms with Gasteiger partial charge in [0.2, 0.25) is 0 Å². The summed E-state index contributed by atoms with van der Waals surface area (Å²) in [4.78, 5) is 0. The number of hydrogen-bond donors (Lipinski definition) is 0. The van der Waals surface area contributed by atoms with Crippen LogP contribution in [0.25, 0.3) is 0 Å². The predicted molar refractivity (Wildman–Crippen MR) is 49.5 cm³/mol. The van der Waals surface area contributed by atoms with E-state index in [0.717, 1.165) is 6.07 Å². The molecule has 0 radical (unpaired) electrons. The van der Waals surface area contributed by atoms with Crippen LogP contribution in [-0.4, -0.2) is 0 Å². The molecule has 0 amide bonds. The molecule has 0 heterocycles. The Hall–Kier alpha value is -0.0300. The molecular weight excluding hydrogens is 301 g/mol. The van der Waals surface area contributed by atoms with Gasteiger partial charge < -0.3 is 0 Å². The molecule has 1 aromatic rings. The first-order chi connectivity index (χ1) is 5.02. The third kappa shape index (κ3) is 2.79. The van der Waals surface area contributed by atoms with Crippen LogP contribution < -0.4 is 0 Å². The van der Waals surface area contributed by atoms with Crippen molar-refractivity contribution in [2.45, 2.75) is 6.18 Å². The average Bonchev–Trinajstić information content (AvgIpc) is 1.86. The van der Waals surface area contributed by atoms with Gasteiger partial charge in [-0.25, -0.2) is 0 Å². The van der Waals surface area contributed by atoms with Crippen molar-refractivity contribution < 1.29 is 13.2 Å². The van der Waals surface area contributed by atoms with Crippen LogP contribution in [0.3, 0.4) is 0 Å². The summed E-state index contributed by atoms with van der Waals surface area (Å²) < 4.78 is 36.1. The minimum atomic E-state index is -4.26. The number of halogens is 5. The second kappa shape index (κ2) is 4.28. The maximum Gasteiger partial charge on any atom is 0.417 e. The zero-order valence-electron chi connectivity index (χ0n) is 5.73. The lowest BCUT2D eigenvalue weighted by Crippen LogP contribution is -2.05. The molecule has 0 fully saturated rings. The highest BCUT2D eigenvalue weighted by molar-refractivity contribution is 9.10. The lowest BCUT2D eigenvalue weighted by molar-refractivity contribution is -0.138. The van der Waals surface area contributed by atoms with Crippen molar-refractivity contribution >= 4 is 32.9 Å². The zero-order chi connectivity index (χ0) is 8.48. The first kappa shape index (κ1) is 12.0. The molecule has 0 atom stereocenters. The molecule has 1 rings (SSSR count). The fraction of sp³-hybridized carbons (Fsp3) is 0.143. The molecule has 0 bridgehead atoms. The smallest absolute Gasteiger partial charge is 0.166 e. The Bertz CT molecular complexity index is 257. The minimum Gasteiger partial charge on any atom is -0.166 e. The molecule has 12 heavy (non-hydrogen) atoms. The molecule has 68 valence electrons. The molecule has 0 saturated heterocycles. The summed E-state index contributed by atoms with van der Waals surface area (Å²) in [6, 6.07) is 5.29. The number of alkyl halides is 3. The van der Waals surface area contributed by atoms with Gasteiger partial charge in [-0.1, -0.05) is 28.1 Å². The topological polar surface area (TPSA) is 0 Å². The van der Waals surface area contributed by atoms with Crippen LogP contribution in [0.5, 0.6) is 0 Å². The second-order valence-corrected chi connectivity index (χ2v) is 2.83. The van der Waals surface area contributed by atoms with E-state index in [1.165, 1.54) is 12.1 Å². The highest BCUT2D eigenvalue weighted by Gasteiger charge is 2.32. The van der Waals surface area contributed by atoms with Crippen LogP contribution in [0.4, 0.5) is 13.2 Å². The Morgan fingerprint density at radius 2 is 1.58 bits per heavy atom. The highest BCUT2D eigenvalue weighted by Crippen LogP contribution is 2.34. The second-order valence-electron chi connectivity index (χ2n) is 1.98. The molecule has 0 spiro atoms. The summed E-state index contributed by atoms with van der Waals surface area (Å²) >= 11 is 2.81. The van der Waals surface area contributed by atoms with E-state index in [4.69, 9.17) is 0 Å². The molecule has 0 unspecified atom stereocenters. The van der Waals surface area contributed by atoms with E-state index in [2.05, 4.69) is 15.9 Å². The van der Waals surface area contributed by atoms with Crippen molar-refractivity contribution in [3.8, 4) is 0 Å². The first-order valence-electron chi connectivity index (χ1n) is 2.83. The molecule has 0 aromatic heterocycles. The van der Waals surface area contributed by atoms with Gasteiger partial charge in [0.05, 0.1) is 5.56 Å². The van der Waals surface area contributed by atoms with Gasteiger partial charge in [-0.15, -0.1) is 17.0 Å². The van der Waals surface area contributed by atoms with E-state index in [9.17, 15) is 13.2 Å². The van der Waals surface area contributed by atoms with Crippen molar-refractivity contribution in [2.75, 3.05) is 0 Å². The van der Waals surface area contributed by atoms with E-state index in [1.807, 2.05) is 0 Å². The Labute approximate surface area is 86.7 Å². The molecule has 0 N–H and O–H groups in total. The van der Waals surface area contributed by atoms with Gasteiger partial charge in [-0.2, -0.15) is 13.2 Å². The normalized spacial score (nSPS) is 10.7. The van der Waals surface area contributed by atoms with E-state index < -0.39 is 11.7 Å². The van der Waals surface area contributed by atoms with Gasteiger partial charge >= 0.3 is 6.18 Å². The summed E-state index contributed by atoms with van der Waals surface area (Å²) in [7, 11) is 0. The van der Waals surface area contributed by atoms with Gasteiger partial charge in [0.1, 0.15) is 0 Å². The van der Waals surface area contributed by atoms with Crippen LogP contribution in [-0.2, 0) is 6.18 Å². The van der Waals surface area contributed by atoms with Crippen LogP contribution in [0.2, 0.25) is 0 Å². The quantitative estimate of drug-likeness (QED) is 0.678. The standard InChI is InChI=1S/C7H4BrF3.BrH/c8-6-4-2-1-3-5(6)7(9,10)11;/h1-4H;1H. The molecule has 0 aliphatic carbocycles. The number of benzene rings is 1. The molecule has 0 saturated carbocycles. The highest BCUT2D eigenvalue weighted by atomic mass is 79.9. The SMILES string of the molecule is Br.FC(F)(F)c1ccccc1Br. The van der Waals surface area contributed by atoms with Gasteiger partial charge in [0, 0.05) is 4.47 Å². The summed E-state index contributed by atoms with van der Waals surface area (Å²) in [6.07, 6.45) is -4.26. The first-order valence-corrected chi connectivity index (χ1v) is 3.63. The Morgan fingerprint density at radius 3 is 1.92 bits per heavy atom. The van der Waals surface area contributed by atoms with Gasteiger partial charge in [0.15, 0.2) is 0 Å². The third-order valence-corrected chi connectivity index (χ3v) is 1.87. The number of hydrogen-bond acceptors (Lipinski definition) is 0. The van der Waals surface area contributed by atoms with Crippen LogP contribution in [0.15, 0.2) is 28.7 Å². The van der Waals surface area contributed by atoms with Crippen LogP contribution in [0, 0.1) is 0 Å². The number of rotatable bonds is 0. The molecular formula is C7H5Br2F3. The lowest BCUT2D eigenvalue weighted by atomic mass is 10.2. The third-order valence-electron chi connectivity index (χ3n) is 1.18. The average molecular weight is 306 g/mol. The van der Waals surface area contributed by atoms with Crippen molar-refractivity contribution in [1.29, 1.82) is 0 Å². The van der Waals surface area contributed by atoms with Crippen molar-refractivity contribution in [3.63, 3.8) is 0 Å². The van der Waals surface area contributed by atoms with Crippen LogP contribution in [0.1, 0.15) is 5.56 Å². The maximum atomic E-state index is 12.0. The van der Waals surface area contributed by atoms with Crippen molar-refractivity contribution in [1.82, 2.24) is 0 Å². The van der Waals surface area contributed by atoms with Crippen molar-refractivity contribution in [3.05, 3.63) is 34.3 Å². The zero-order valence-corrected chi connectivity index (χ0v) is 9.03. The monoisotopic (exact) mass is 304 g/mol. The van der Waals surface area contributed by atoms with Crippen LogP contribution >= 0.6 is 32.9 Å². The Morgan fingerprint density at radius 1 is 1.08 bits per heavy atom. The molecule has 1 aromatic carbocycles. The van der Waals surface area contributed by atoms with E-state index in [1.54, 1.807) is 6.07 Å². The summed E-state index contributed by atoms with van der Waals surface area (Å²) in [5, 5.41) is 0. The maximum absolute atomic E-state index is 12.0. The minimum absolute atomic E-state index is 0. The summed E-state index contributed by atoms with van der Waals surface area (Å²) in [6.45, 7) is 0. The molecule has 5 heteroatoms. The van der Waals surface area contributed by atoms with Crippen molar-refractivity contribution in [2.24, 2.45) is 0 Å². The van der Waals surface area contributed by atoms with Gasteiger partial charge in [0.25, 0.3) is 0 Å². The van der Waals surface area contributed by atoms with E-state index >= 15 is 0 Å². The molecule has 0 aliphatic heterocycles. The summed E-state index contributed by atoms with van der Waals surface area (Å²) in [5.74, 6) is 0. The van der Waals surface area contributed by atoms with Gasteiger partial charge in [-0.3, -0.25) is 0 Å². The molecule has 0 aliphatic rings. The van der Waals surface area contributed by atoms with Gasteiger partial charge in [-0.05, 0) is 12.1 Å². The fourth-order valence-corrected chi connectivity index (χ4v) is 1.20. The lowest BCUT2D eigenvalue weighted by Gasteiger charge is -2.07. The summed E-state index contributed by atoms with van der Waals surface area (Å²) in [5.41, 5.74) is -0.639.